The second-order valence-electron chi connectivity index (χ2n) is 4.74. The number of anilines is 1. The molecule has 1 aromatic heterocycles. The van der Waals surface area contributed by atoms with E-state index in [1.807, 2.05) is 12.3 Å². The highest BCUT2D eigenvalue weighted by Gasteiger charge is 2.11. The van der Waals surface area contributed by atoms with Crippen LogP contribution < -0.4 is 38.3 Å². The number of nitrogen functional groups attached to an aromatic ring is 1. The van der Waals surface area contributed by atoms with Crippen molar-refractivity contribution in [1.29, 1.82) is 0 Å². The largest absolute Gasteiger partial charge is 1.00 e. The van der Waals surface area contributed by atoms with Crippen LogP contribution in [0.2, 0.25) is 0 Å². The van der Waals surface area contributed by atoms with E-state index in [0.717, 1.165) is 5.75 Å². The van der Waals surface area contributed by atoms with Crippen LogP contribution in [0.4, 0.5) is 5.69 Å². The Hall–Kier alpha value is -2.64. The predicted octanol–water partition coefficient (Wildman–Crippen LogP) is -2.38. The highest BCUT2D eigenvalue weighted by Crippen LogP contribution is 2.15. The summed E-state index contributed by atoms with van der Waals surface area (Å²) in [7, 11) is 0. The molecule has 2 aromatic rings. The number of halogens is 1. The van der Waals surface area contributed by atoms with Crippen LogP contribution in [-0.4, -0.2) is 18.4 Å². The number of aromatic nitrogens is 1. The Labute approximate surface area is 146 Å². The molecule has 0 radical (unpaired) electrons. The van der Waals surface area contributed by atoms with Crippen molar-refractivity contribution in [1.82, 2.24) is 5.43 Å². The van der Waals surface area contributed by atoms with Crippen LogP contribution in [0.1, 0.15) is 17.3 Å². The molecule has 128 valence electrons. The van der Waals surface area contributed by atoms with E-state index in [1.54, 1.807) is 53.4 Å². The number of hydrogen-bond donors (Lipinski definition) is 3. The van der Waals surface area contributed by atoms with E-state index in [-0.39, 0.29) is 30.8 Å². The van der Waals surface area contributed by atoms with Gasteiger partial charge in [0.25, 0.3) is 11.8 Å². The zero-order valence-corrected chi connectivity index (χ0v) is 13.9. The zero-order chi connectivity index (χ0) is 16.7. The van der Waals surface area contributed by atoms with Gasteiger partial charge in [0.2, 0.25) is 6.54 Å². The van der Waals surface area contributed by atoms with Gasteiger partial charge >= 0.3 is 0 Å². The predicted molar refractivity (Wildman–Crippen MR) is 84.5 cm³/mol. The molecule has 0 saturated heterocycles. The number of hydrogen-bond acceptors (Lipinski definition) is 4. The number of amides is 2. The van der Waals surface area contributed by atoms with E-state index in [2.05, 4.69) is 5.32 Å². The molecule has 0 saturated carbocycles. The summed E-state index contributed by atoms with van der Waals surface area (Å²) in [6.45, 7) is 2.65. The number of ether oxygens (including phenoxy) is 1. The normalized spacial score (nSPS) is 9.58. The minimum absolute atomic E-state index is 0. The molecule has 2 rings (SSSR count). The Kier molecular flexibility index (Phi) is 7.67. The fourth-order valence-electron chi connectivity index (χ4n) is 1.96. The number of nitrogens with one attached hydrogen (secondary N) is 2. The van der Waals surface area contributed by atoms with Crippen molar-refractivity contribution >= 4 is 17.5 Å². The minimum Gasteiger partial charge on any atom is -1.00 e. The summed E-state index contributed by atoms with van der Waals surface area (Å²) in [6.07, 6.45) is 3.28. The van der Waals surface area contributed by atoms with Crippen LogP contribution in [0.3, 0.4) is 0 Å². The molecule has 0 aliphatic rings. The Morgan fingerprint density at radius 2 is 1.75 bits per heavy atom. The zero-order valence-electron chi connectivity index (χ0n) is 13.2. The molecule has 0 unspecified atom stereocenters. The van der Waals surface area contributed by atoms with E-state index in [4.69, 9.17) is 10.6 Å². The first kappa shape index (κ1) is 19.4. The van der Waals surface area contributed by atoms with Gasteiger partial charge in [0.1, 0.15) is 5.75 Å². The fraction of sp³-hybridized carbons (Fsp3) is 0.188. The average Bonchev–Trinajstić information content (AvgIpc) is 2.57. The summed E-state index contributed by atoms with van der Waals surface area (Å²) in [4.78, 5) is 23.3. The first-order valence-corrected chi connectivity index (χ1v) is 7.15. The van der Waals surface area contributed by atoms with E-state index in [0.29, 0.717) is 17.9 Å². The number of benzene rings is 1. The molecule has 4 N–H and O–H groups in total. The minimum atomic E-state index is -0.379. The highest BCUT2D eigenvalue weighted by atomic mass is 35.5. The van der Waals surface area contributed by atoms with Crippen LogP contribution in [0.5, 0.6) is 5.75 Å². The Bertz CT molecular complexity index is 675. The van der Waals surface area contributed by atoms with Gasteiger partial charge in [0.05, 0.1) is 12.2 Å². The molecular formula is C16H19ClN4O3. The van der Waals surface area contributed by atoms with Gasteiger partial charge in [-0.15, -0.1) is 0 Å². The van der Waals surface area contributed by atoms with Gasteiger partial charge in [-0.3, -0.25) is 15.0 Å². The van der Waals surface area contributed by atoms with Gasteiger partial charge in [0, 0.05) is 17.8 Å². The van der Waals surface area contributed by atoms with Crippen molar-refractivity contribution in [3.05, 3.63) is 54.4 Å². The van der Waals surface area contributed by atoms with E-state index < -0.39 is 0 Å². The Balaban J connectivity index is 0.00000288. The SMILES string of the molecule is CCOc1ccc(NC(=O)C[n+]2ccc(C(=O)NN)cc2)cc1.[Cl-]. The number of hydrazine groups is 1. The summed E-state index contributed by atoms with van der Waals surface area (Å²) in [5.41, 5.74) is 3.17. The number of carbonyl (C=O) groups excluding carboxylic acids is 2. The first-order valence-electron chi connectivity index (χ1n) is 7.15. The van der Waals surface area contributed by atoms with Gasteiger partial charge in [-0.2, -0.15) is 4.57 Å². The van der Waals surface area contributed by atoms with Crippen molar-refractivity contribution in [2.75, 3.05) is 11.9 Å². The van der Waals surface area contributed by atoms with Gasteiger partial charge in [-0.1, -0.05) is 0 Å². The molecule has 0 bridgehead atoms. The maximum absolute atomic E-state index is 12.0. The highest BCUT2D eigenvalue weighted by molar-refractivity contribution is 5.93. The van der Waals surface area contributed by atoms with Crippen LogP contribution in [0.15, 0.2) is 48.8 Å². The third-order valence-electron chi connectivity index (χ3n) is 3.06. The first-order chi connectivity index (χ1) is 11.1. The molecule has 24 heavy (non-hydrogen) atoms. The van der Waals surface area contributed by atoms with Crippen LogP contribution in [-0.2, 0) is 11.3 Å². The average molecular weight is 351 g/mol. The standard InChI is InChI=1S/C16H18N4O3.ClH/c1-2-23-14-5-3-13(4-6-14)18-15(21)11-20-9-7-12(8-10-20)16(22)19-17;/h3-10,17H,2,11H2,1H3,(H2,18,21,22);1H. The number of carbonyl (C=O) groups is 2. The molecule has 0 aliphatic carbocycles. The second-order valence-corrected chi connectivity index (χ2v) is 4.74. The third kappa shape index (κ3) is 5.53. The van der Waals surface area contributed by atoms with E-state index >= 15 is 0 Å². The lowest BCUT2D eigenvalue weighted by molar-refractivity contribution is -0.684. The number of pyridine rings is 1. The van der Waals surface area contributed by atoms with Crippen molar-refractivity contribution in [3.63, 3.8) is 0 Å². The quantitative estimate of drug-likeness (QED) is 0.234. The summed E-state index contributed by atoms with van der Waals surface area (Å²) < 4.78 is 7.01. The van der Waals surface area contributed by atoms with Crippen molar-refractivity contribution < 1.29 is 31.3 Å². The molecule has 0 fully saturated rings. The van der Waals surface area contributed by atoms with Crippen molar-refractivity contribution in [2.24, 2.45) is 5.84 Å². The van der Waals surface area contributed by atoms with Gasteiger partial charge < -0.3 is 22.5 Å². The smallest absolute Gasteiger partial charge is 0.290 e. The summed E-state index contributed by atoms with van der Waals surface area (Å²) in [5, 5.41) is 2.79. The molecular weight excluding hydrogens is 332 g/mol. The summed E-state index contributed by atoms with van der Waals surface area (Å²) >= 11 is 0. The van der Waals surface area contributed by atoms with Gasteiger partial charge in [0.15, 0.2) is 12.4 Å². The maximum Gasteiger partial charge on any atom is 0.290 e. The summed E-state index contributed by atoms with van der Waals surface area (Å²) in [5.74, 6) is 5.27. The van der Waals surface area contributed by atoms with Crippen LogP contribution in [0, 0.1) is 0 Å². The lowest BCUT2D eigenvalue weighted by Crippen LogP contribution is -3.00. The van der Waals surface area contributed by atoms with Crippen LogP contribution in [0.25, 0.3) is 0 Å². The Morgan fingerprint density at radius 3 is 2.29 bits per heavy atom. The topological polar surface area (TPSA) is 97.3 Å². The van der Waals surface area contributed by atoms with Crippen molar-refractivity contribution in [3.8, 4) is 5.75 Å². The number of rotatable bonds is 6. The molecule has 7 nitrogen and oxygen atoms in total. The van der Waals surface area contributed by atoms with Gasteiger partial charge in [-0.05, 0) is 31.2 Å². The molecule has 0 spiro atoms. The molecule has 0 aliphatic heterocycles. The molecule has 1 heterocycles. The number of nitrogens with zero attached hydrogens (tertiary/aromatic N) is 1. The lowest BCUT2D eigenvalue weighted by Gasteiger charge is -2.06. The molecule has 0 atom stereocenters. The summed E-state index contributed by atoms with van der Waals surface area (Å²) in [6, 6.07) is 10.3. The Morgan fingerprint density at radius 1 is 1.12 bits per heavy atom. The van der Waals surface area contributed by atoms with E-state index in [9.17, 15) is 9.59 Å². The lowest BCUT2D eigenvalue weighted by atomic mass is 10.2. The molecule has 8 heteroatoms. The monoisotopic (exact) mass is 350 g/mol. The molecule has 1 aromatic carbocycles. The van der Waals surface area contributed by atoms with Gasteiger partial charge in [-0.25, -0.2) is 5.84 Å². The van der Waals surface area contributed by atoms with Crippen LogP contribution >= 0.6 is 0 Å². The number of nitrogens with two attached hydrogens (primary N) is 1. The molecule has 2 amide bonds. The van der Waals surface area contributed by atoms with E-state index in [1.165, 1.54) is 0 Å². The van der Waals surface area contributed by atoms with Crippen molar-refractivity contribution in [2.45, 2.75) is 13.5 Å². The maximum atomic E-state index is 12.0. The fourth-order valence-corrected chi connectivity index (χ4v) is 1.96. The second kappa shape index (κ2) is 9.49. The third-order valence-corrected chi connectivity index (χ3v) is 3.06.